The third kappa shape index (κ3) is 3.72. The summed E-state index contributed by atoms with van der Waals surface area (Å²) in [6.45, 7) is 6.82. The first-order chi connectivity index (χ1) is 10.0. The van der Waals surface area contributed by atoms with Gasteiger partial charge in [-0.25, -0.2) is 4.98 Å². The number of hydrogen-bond acceptors (Lipinski definition) is 5. The summed E-state index contributed by atoms with van der Waals surface area (Å²) in [4.78, 5) is 17.0. The Morgan fingerprint density at radius 1 is 1.38 bits per heavy atom. The molecule has 1 aromatic carbocycles. The Morgan fingerprint density at radius 2 is 2.14 bits per heavy atom. The molecule has 6 heteroatoms. The second-order valence-corrected chi connectivity index (χ2v) is 5.93. The molecule has 0 saturated heterocycles. The number of anilines is 3. The fourth-order valence-corrected chi connectivity index (χ4v) is 2.66. The molecule has 0 radical (unpaired) electrons. The first kappa shape index (κ1) is 15.3. The number of hydrogen-bond donors (Lipinski definition) is 3. The van der Waals surface area contributed by atoms with Gasteiger partial charge in [0.1, 0.15) is 10.7 Å². The van der Waals surface area contributed by atoms with E-state index in [-0.39, 0.29) is 11.7 Å². The van der Waals surface area contributed by atoms with Gasteiger partial charge in [0.25, 0.3) is 5.91 Å². The van der Waals surface area contributed by atoms with Crippen molar-refractivity contribution in [2.75, 3.05) is 22.9 Å². The van der Waals surface area contributed by atoms with Crippen LogP contribution in [0.4, 0.5) is 16.6 Å². The lowest BCUT2D eigenvalue weighted by molar-refractivity contribution is 0.103. The van der Waals surface area contributed by atoms with E-state index in [1.165, 1.54) is 11.3 Å². The molecule has 0 atom stereocenters. The lowest BCUT2D eigenvalue weighted by Crippen LogP contribution is -2.13. The van der Waals surface area contributed by atoms with Crippen molar-refractivity contribution in [2.45, 2.75) is 27.2 Å². The van der Waals surface area contributed by atoms with Gasteiger partial charge in [-0.2, -0.15) is 0 Å². The molecule has 5 nitrogen and oxygen atoms in total. The Labute approximate surface area is 128 Å². The van der Waals surface area contributed by atoms with Crippen LogP contribution in [-0.2, 0) is 0 Å². The van der Waals surface area contributed by atoms with Gasteiger partial charge >= 0.3 is 0 Å². The van der Waals surface area contributed by atoms with Crippen molar-refractivity contribution in [3.8, 4) is 0 Å². The molecular formula is C15H20N4OS. The summed E-state index contributed by atoms with van der Waals surface area (Å²) in [5, 5.41) is 6.72. The zero-order chi connectivity index (χ0) is 15.4. The largest absolute Gasteiger partial charge is 0.382 e. The highest BCUT2D eigenvalue weighted by molar-refractivity contribution is 7.18. The fraction of sp³-hybridized carbons (Fsp3) is 0.333. The highest BCUT2D eigenvalue weighted by atomic mass is 32.1. The molecule has 0 spiro atoms. The topological polar surface area (TPSA) is 80.0 Å². The number of benzene rings is 1. The maximum Gasteiger partial charge on any atom is 0.269 e. The molecule has 0 aliphatic rings. The van der Waals surface area contributed by atoms with Gasteiger partial charge in [0.05, 0.1) is 0 Å². The minimum absolute atomic E-state index is 0.219. The molecule has 0 fully saturated rings. The molecule has 0 aliphatic heterocycles. The van der Waals surface area contributed by atoms with E-state index < -0.39 is 0 Å². The van der Waals surface area contributed by atoms with Crippen molar-refractivity contribution >= 4 is 33.9 Å². The normalized spacial score (nSPS) is 10.4. The number of carbonyl (C=O) groups is 1. The molecule has 4 N–H and O–H groups in total. The minimum atomic E-state index is -0.219. The number of nitrogens with zero attached hydrogens (tertiary/aromatic N) is 1. The van der Waals surface area contributed by atoms with E-state index in [0.717, 1.165) is 29.8 Å². The highest BCUT2D eigenvalue weighted by Gasteiger charge is 2.16. The summed E-state index contributed by atoms with van der Waals surface area (Å²) in [5.74, 6) is 0.0460. The van der Waals surface area contributed by atoms with Gasteiger partial charge in [-0.05, 0) is 37.5 Å². The molecule has 0 saturated carbocycles. The minimum Gasteiger partial charge on any atom is -0.382 e. The number of amides is 1. The van der Waals surface area contributed by atoms with Crippen LogP contribution in [-0.4, -0.2) is 17.4 Å². The molecule has 1 heterocycles. The van der Waals surface area contributed by atoms with Crippen molar-refractivity contribution in [1.29, 1.82) is 0 Å². The maximum atomic E-state index is 12.3. The summed E-state index contributed by atoms with van der Waals surface area (Å²) in [7, 11) is 0. The van der Waals surface area contributed by atoms with Crippen LogP contribution in [0.1, 0.15) is 34.1 Å². The van der Waals surface area contributed by atoms with Gasteiger partial charge in [0.15, 0.2) is 5.13 Å². The second-order valence-electron chi connectivity index (χ2n) is 4.93. The van der Waals surface area contributed by atoms with Crippen LogP contribution in [0.3, 0.4) is 0 Å². The summed E-state index contributed by atoms with van der Waals surface area (Å²) in [6, 6.07) is 5.94. The molecule has 0 unspecified atom stereocenters. The molecule has 0 bridgehead atoms. The first-order valence-corrected chi connectivity index (χ1v) is 7.71. The average Bonchev–Trinajstić information content (AvgIpc) is 2.82. The van der Waals surface area contributed by atoms with E-state index in [1.54, 1.807) is 0 Å². The summed E-state index contributed by atoms with van der Waals surface area (Å²) < 4.78 is 0. The quantitative estimate of drug-likeness (QED) is 0.790. The number of rotatable bonds is 5. The maximum absolute atomic E-state index is 12.3. The smallest absolute Gasteiger partial charge is 0.269 e. The SMILES string of the molecule is CCCNc1nc(N)c(C(=O)Nc2cc(C)ccc2C)s1. The predicted octanol–water partition coefficient (Wildman–Crippen LogP) is 3.42. The lowest BCUT2D eigenvalue weighted by atomic mass is 10.1. The number of carbonyl (C=O) groups excluding carboxylic acids is 1. The Balaban J connectivity index is 2.16. The van der Waals surface area contributed by atoms with Crippen molar-refractivity contribution in [1.82, 2.24) is 4.98 Å². The monoisotopic (exact) mass is 304 g/mol. The van der Waals surface area contributed by atoms with E-state index in [4.69, 9.17) is 5.73 Å². The zero-order valence-electron chi connectivity index (χ0n) is 12.5. The second kappa shape index (κ2) is 6.58. The van der Waals surface area contributed by atoms with E-state index in [2.05, 4.69) is 22.5 Å². The van der Waals surface area contributed by atoms with Crippen LogP contribution in [0, 0.1) is 13.8 Å². The fourth-order valence-electron chi connectivity index (χ4n) is 1.85. The third-order valence-corrected chi connectivity index (χ3v) is 4.05. The van der Waals surface area contributed by atoms with Crippen molar-refractivity contribution < 1.29 is 4.79 Å². The van der Waals surface area contributed by atoms with E-state index in [1.807, 2.05) is 32.0 Å². The highest BCUT2D eigenvalue weighted by Crippen LogP contribution is 2.26. The molecule has 0 aliphatic carbocycles. The number of aromatic nitrogens is 1. The Bertz CT molecular complexity index is 651. The predicted molar refractivity (Wildman–Crippen MR) is 89.2 cm³/mol. The average molecular weight is 304 g/mol. The number of nitrogen functional groups attached to an aromatic ring is 1. The number of thiazole rings is 1. The molecule has 2 aromatic rings. The molecule has 1 amide bonds. The van der Waals surface area contributed by atoms with Crippen LogP contribution in [0.2, 0.25) is 0 Å². The summed E-state index contributed by atoms with van der Waals surface area (Å²) in [5.41, 5.74) is 8.75. The molecule has 21 heavy (non-hydrogen) atoms. The summed E-state index contributed by atoms with van der Waals surface area (Å²) >= 11 is 1.28. The van der Waals surface area contributed by atoms with E-state index in [0.29, 0.717) is 10.0 Å². The standard InChI is InChI=1S/C15H20N4OS/c1-4-7-17-15-19-13(16)12(21-15)14(20)18-11-8-9(2)5-6-10(11)3/h5-6,8H,4,7,16H2,1-3H3,(H,17,19)(H,18,20). The van der Waals surface area contributed by atoms with Crippen molar-refractivity contribution in [3.63, 3.8) is 0 Å². The van der Waals surface area contributed by atoms with Crippen molar-refractivity contribution in [2.24, 2.45) is 0 Å². The van der Waals surface area contributed by atoms with Crippen LogP contribution in [0.15, 0.2) is 18.2 Å². The third-order valence-electron chi connectivity index (χ3n) is 3.03. The molecule has 112 valence electrons. The molecule has 2 rings (SSSR count). The van der Waals surface area contributed by atoms with Gasteiger partial charge in [-0.15, -0.1) is 0 Å². The van der Waals surface area contributed by atoms with E-state index >= 15 is 0 Å². The van der Waals surface area contributed by atoms with Gasteiger partial charge in [-0.1, -0.05) is 30.4 Å². The van der Waals surface area contributed by atoms with Crippen LogP contribution >= 0.6 is 11.3 Å². The summed E-state index contributed by atoms with van der Waals surface area (Å²) in [6.07, 6.45) is 0.990. The first-order valence-electron chi connectivity index (χ1n) is 6.90. The van der Waals surface area contributed by atoms with Gasteiger partial charge in [0, 0.05) is 12.2 Å². The Hall–Kier alpha value is -2.08. The van der Waals surface area contributed by atoms with E-state index in [9.17, 15) is 4.79 Å². The van der Waals surface area contributed by atoms with Gasteiger partial charge in [-0.3, -0.25) is 4.79 Å². The number of nitrogens with one attached hydrogen (secondary N) is 2. The van der Waals surface area contributed by atoms with Gasteiger partial charge in [0.2, 0.25) is 0 Å². The number of nitrogens with two attached hydrogens (primary N) is 1. The van der Waals surface area contributed by atoms with Crippen LogP contribution in [0.5, 0.6) is 0 Å². The van der Waals surface area contributed by atoms with Crippen molar-refractivity contribution in [3.05, 3.63) is 34.2 Å². The van der Waals surface area contributed by atoms with Crippen LogP contribution < -0.4 is 16.4 Å². The molecule has 1 aromatic heterocycles. The van der Waals surface area contributed by atoms with Gasteiger partial charge < -0.3 is 16.4 Å². The van der Waals surface area contributed by atoms with Crippen LogP contribution in [0.25, 0.3) is 0 Å². The Morgan fingerprint density at radius 3 is 2.86 bits per heavy atom. The lowest BCUT2D eigenvalue weighted by Gasteiger charge is -2.08. The Kier molecular flexibility index (Phi) is 4.80. The molecular weight excluding hydrogens is 284 g/mol. The zero-order valence-corrected chi connectivity index (χ0v) is 13.3. The number of aryl methyl sites for hydroxylation is 2.